The first-order valence-corrected chi connectivity index (χ1v) is 1.30. The van der Waals surface area contributed by atoms with Crippen molar-refractivity contribution in [2.75, 3.05) is 7.05 Å². The van der Waals surface area contributed by atoms with Crippen LogP contribution in [0.2, 0.25) is 0 Å². The Morgan fingerprint density at radius 3 is 1.09 bits per heavy atom. The standard InChI is InChI=1S/C3H3NO2.2CH3.3Y/c1-4(2-5)3-6;;;;;/h1H3;2*1H3;;;/q-2;2*-1;;;. The minimum absolute atomic E-state index is 0. The second-order valence-electron chi connectivity index (χ2n) is 0.742. The van der Waals surface area contributed by atoms with Gasteiger partial charge in [-0.05, 0) is 7.05 Å². The molecule has 0 aliphatic heterocycles. The molecule has 0 rings (SSSR count). The maximum atomic E-state index is 9.27. The van der Waals surface area contributed by atoms with Gasteiger partial charge in [-0.15, -0.1) is 0 Å². The van der Waals surface area contributed by atoms with E-state index in [-0.39, 0.29) is 113 Å². The van der Waals surface area contributed by atoms with Crippen molar-refractivity contribution in [1.82, 2.24) is 4.90 Å². The average molecular weight is 382 g/mol. The van der Waals surface area contributed by atoms with E-state index in [9.17, 15) is 9.59 Å². The molecule has 3 nitrogen and oxygen atoms in total. The molecule has 0 saturated heterocycles. The molecule has 0 saturated carbocycles. The molecule has 6 heteroatoms. The van der Waals surface area contributed by atoms with E-state index in [0.29, 0.717) is 4.90 Å². The van der Waals surface area contributed by atoms with Crippen LogP contribution in [0.1, 0.15) is 0 Å². The van der Waals surface area contributed by atoms with E-state index >= 15 is 0 Å². The molecule has 0 heterocycles. The van der Waals surface area contributed by atoms with Crippen LogP contribution in [-0.4, -0.2) is 24.8 Å². The van der Waals surface area contributed by atoms with Crippen molar-refractivity contribution in [3.05, 3.63) is 14.9 Å². The van der Waals surface area contributed by atoms with E-state index < -0.39 is 0 Å². The Morgan fingerprint density at radius 1 is 0.909 bits per heavy atom. The monoisotopic (exact) mass is 382 g/mol. The number of hydrogen-bond acceptors (Lipinski definition) is 2. The van der Waals surface area contributed by atoms with E-state index in [1.165, 1.54) is 19.9 Å². The molecule has 0 aromatic rings. The van der Waals surface area contributed by atoms with Crippen molar-refractivity contribution in [2.24, 2.45) is 0 Å². The zero-order chi connectivity index (χ0) is 4.99. The predicted octanol–water partition coefficient (Wildman–Crippen LogP) is -0.0543. The normalized spacial score (nSPS) is 3.73. The summed E-state index contributed by atoms with van der Waals surface area (Å²) < 4.78 is 0. The SMILES string of the molecule is CN([C-]=O)[C-]=O.[CH3-].[CH3-].[Y].[Y].[Y]. The fraction of sp³-hybridized carbons (Fsp3) is 0.200. The summed E-state index contributed by atoms with van der Waals surface area (Å²) in [5.74, 6) is 0. The molecule has 2 amide bonds. The van der Waals surface area contributed by atoms with Gasteiger partial charge in [0.25, 0.3) is 0 Å². The molecule has 0 spiro atoms. The van der Waals surface area contributed by atoms with E-state index in [4.69, 9.17) is 0 Å². The molecule has 0 aromatic heterocycles. The fourth-order valence-electron chi connectivity index (χ4n) is 0.0186. The van der Waals surface area contributed by atoms with Crippen molar-refractivity contribution in [3.63, 3.8) is 0 Å². The summed E-state index contributed by atoms with van der Waals surface area (Å²) in [7, 11) is 1.26. The van der Waals surface area contributed by atoms with Crippen LogP contribution in [0.5, 0.6) is 0 Å². The molecule has 0 aliphatic carbocycles. The summed E-state index contributed by atoms with van der Waals surface area (Å²) in [5.41, 5.74) is 0. The van der Waals surface area contributed by atoms with Gasteiger partial charge in [0, 0.05) is 98.1 Å². The van der Waals surface area contributed by atoms with Gasteiger partial charge in [-0.2, -0.15) is 12.8 Å². The Balaban J connectivity index is -0.0000000125. The van der Waals surface area contributed by atoms with Gasteiger partial charge in [0.1, 0.15) is 0 Å². The molecule has 59 valence electrons. The van der Waals surface area contributed by atoms with Gasteiger partial charge < -0.3 is 29.3 Å². The zero-order valence-corrected chi connectivity index (χ0v) is 15.5. The Hall–Kier alpha value is 2.45. The number of hydrogen-bond donors (Lipinski definition) is 0. The maximum absolute atomic E-state index is 9.27. The molecule has 3 radical (unpaired) electrons. The van der Waals surface area contributed by atoms with Crippen LogP contribution in [0.15, 0.2) is 0 Å². The van der Waals surface area contributed by atoms with Crippen LogP contribution in [0, 0.1) is 14.9 Å². The van der Waals surface area contributed by atoms with Crippen LogP contribution < -0.4 is 0 Å². The summed E-state index contributed by atoms with van der Waals surface area (Å²) in [5, 5.41) is 0. The van der Waals surface area contributed by atoms with Crippen molar-refractivity contribution in [1.29, 1.82) is 0 Å². The van der Waals surface area contributed by atoms with Gasteiger partial charge in [-0.1, -0.05) is 0 Å². The quantitative estimate of drug-likeness (QED) is 0.496. The molecule has 0 aromatic carbocycles. The van der Waals surface area contributed by atoms with E-state index in [1.54, 1.807) is 0 Å². The Morgan fingerprint density at radius 2 is 1.09 bits per heavy atom. The third-order valence-electron chi connectivity index (χ3n) is 0.274. The van der Waals surface area contributed by atoms with Crippen LogP contribution in [0.3, 0.4) is 0 Å². The summed E-state index contributed by atoms with van der Waals surface area (Å²) in [6.07, 6.45) is 2.55. The van der Waals surface area contributed by atoms with Crippen LogP contribution in [0.4, 0.5) is 0 Å². The second kappa shape index (κ2) is 29.4. The third-order valence-corrected chi connectivity index (χ3v) is 0.274. The first kappa shape index (κ1) is 37.6. The van der Waals surface area contributed by atoms with Gasteiger partial charge in [-0.3, -0.25) is 0 Å². The van der Waals surface area contributed by atoms with E-state index in [2.05, 4.69) is 0 Å². The topological polar surface area (TPSA) is 37.4 Å². The molecule has 0 bridgehead atoms. The largest absolute Gasteiger partial charge is 0.639 e. The van der Waals surface area contributed by atoms with Gasteiger partial charge in [0.2, 0.25) is 0 Å². The van der Waals surface area contributed by atoms with Crippen molar-refractivity contribution >= 4 is 12.8 Å². The minimum atomic E-state index is 0. The van der Waals surface area contributed by atoms with E-state index in [1.807, 2.05) is 0 Å². The Bertz CT molecular complexity index is 64.7. The predicted molar refractivity (Wildman–Crippen MR) is 32.0 cm³/mol. The van der Waals surface area contributed by atoms with Crippen molar-refractivity contribution in [2.45, 2.75) is 0 Å². The summed E-state index contributed by atoms with van der Waals surface area (Å²) in [6.45, 7) is 0. The summed E-state index contributed by atoms with van der Waals surface area (Å²) in [4.78, 5) is 19.2. The Labute approximate surface area is 144 Å². The number of imide groups is 1. The molecular formula is C5H9NO2Y3-4. The van der Waals surface area contributed by atoms with Gasteiger partial charge in [0.05, 0.1) is 0 Å². The number of carbonyl (C=O) groups excluding carboxylic acids is 2. The molecule has 11 heavy (non-hydrogen) atoms. The molecule has 0 unspecified atom stereocenters. The molecule has 0 N–H and O–H groups in total. The molecular weight excluding hydrogens is 373 g/mol. The fourth-order valence-corrected chi connectivity index (χ4v) is 0.0186. The van der Waals surface area contributed by atoms with Gasteiger partial charge in [-0.25, -0.2) is 0 Å². The van der Waals surface area contributed by atoms with Crippen LogP contribution >= 0.6 is 0 Å². The molecule has 0 aliphatic rings. The zero-order valence-electron chi connectivity index (χ0n) is 7.00. The van der Waals surface area contributed by atoms with Gasteiger partial charge >= 0.3 is 0 Å². The van der Waals surface area contributed by atoms with Crippen LogP contribution in [-0.2, 0) is 108 Å². The smallest absolute Gasteiger partial charge is 0 e. The summed E-state index contributed by atoms with van der Waals surface area (Å²) >= 11 is 0. The van der Waals surface area contributed by atoms with Crippen molar-refractivity contribution in [3.8, 4) is 0 Å². The first-order valence-electron chi connectivity index (χ1n) is 1.30. The number of rotatable bonds is 2. The number of nitrogens with zero attached hydrogens (tertiary/aromatic N) is 1. The molecule has 0 atom stereocenters. The van der Waals surface area contributed by atoms with E-state index in [0.717, 1.165) is 0 Å². The maximum Gasteiger partial charge on any atom is 0 e. The van der Waals surface area contributed by atoms with Crippen LogP contribution in [0.25, 0.3) is 0 Å². The van der Waals surface area contributed by atoms with Gasteiger partial charge in [0.15, 0.2) is 0 Å². The third kappa shape index (κ3) is 32.7. The Kier molecular flexibility index (Phi) is 100. The minimum Gasteiger partial charge on any atom is -0.639 e. The average Bonchev–Trinajstić information content (AvgIpc) is 1.65. The van der Waals surface area contributed by atoms with Crippen molar-refractivity contribution < 1.29 is 108 Å². The summed E-state index contributed by atoms with van der Waals surface area (Å²) in [6, 6.07) is 0. The second-order valence-corrected chi connectivity index (χ2v) is 0.742. The molecule has 0 fully saturated rings. The number of amides is 2. The first-order chi connectivity index (χ1) is 2.81.